The number of amides is 1. The van der Waals surface area contributed by atoms with E-state index in [4.69, 9.17) is 9.68 Å². The molecule has 1 saturated heterocycles. The van der Waals surface area contributed by atoms with Crippen molar-refractivity contribution in [3.63, 3.8) is 0 Å². The number of aliphatic imine (C=N–C) groups is 1. The van der Waals surface area contributed by atoms with E-state index in [9.17, 15) is 4.79 Å². The van der Waals surface area contributed by atoms with Crippen molar-refractivity contribution in [3.05, 3.63) is 48.2 Å². The second-order valence-electron chi connectivity index (χ2n) is 4.33. The molecule has 0 atom stereocenters. The van der Waals surface area contributed by atoms with Crippen molar-refractivity contribution in [2.45, 2.75) is 0 Å². The molecule has 6 heteroatoms. The molecule has 3 rings (SSSR count). The third-order valence-corrected chi connectivity index (χ3v) is 4.00. The van der Waals surface area contributed by atoms with Gasteiger partial charge < -0.3 is 4.42 Å². The molecule has 2 heterocycles. The molecule has 5 nitrogen and oxygen atoms in total. The average molecular weight is 297 g/mol. The van der Waals surface area contributed by atoms with E-state index in [1.165, 1.54) is 16.7 Å². The lowest BCUT2D eigenvalue weighted by atomic mass is 10.2. The predicted molar refractivity (Wildman–Crippen MR) is 80.7 cm³/mol. The number of hydrogen-bond acceptors (Lipinski definition) is 5. The quantitative estimate of drug-likeness (QED) is 0.799. The van der Waals surface area contributed by atoms with E-state index in [1.54, 1.807) is 18.3 Å². The minimum absolute atomic E-state index is 0.252. The first kappa shape index (κ1) is 13.5. The Morgan fingerprint density at radius 3 is 2.86 bits per heavy atom. The van der Waals surface area contributed by atoms with Gasteiger partial charge in [-0.1, -0.05) is 42.1 Å². The highest BCUT2D eigenvalue weighted by atomic mass is 32.2. The summed E-state index contributed by atoms with van der Waals surface area (Å²) in [5, 5.41) is 9.07. The highest BCUT2D eigenvalue weighted by Gasteiger charge is 2.28. The zero-order chi connectivity index (χ0) is 14.7. The van der Waals surface area contributed by atoms with Crippen LogP contribution in [0.2, 0.25) is 0 Å². The van der Waals surface area contributed by atoms with E-state index in [0.29, 0.717) is 17.5 Å². The fraction of sp³-hybridized carbons (Fsp3) is 0.133. The molecule has 0 bridgehead atoms. The van der Waals surface area contributed by atoms with Crippen LogP contribution in [0.25, 0.3) is 11.3 Å². The second kappa shape index (κ2) is 5.85. The first-order chi connectivity index (χ1) is 10.3. The van der Waals surface area contributed by atoms with Crippen molar-refractivity contribution in [1.82, 2.24) is 4.90 Å². The maximum absolute atomic E-state index is 12.4. The van der Waals surface area contributed by atoms with Crippen LogP contribution in [-0.2, 0) is 0 Å². The summed E-state index contributed by atoms with van der Waals surface area (Å²) in [5.41, 5.74) is 0.915. The molecular formula is C15H11N3O2S. The topological polar surface area (TPSA) is 69.6 Å². The Balaban J connectivity index is 1.85. The van der Waals surface area contributed by atoms with Crippen LogP contribution in [-0.4, -0.2) is 28.3 Å². The fourth-order valence-electron chi connectivity index (χ4n) is 2.07. The van der Waals surface area contributed by atoms with Crippen molar-refractivity contribution < 1.29 is 9.21 Å². The van der Waals surface area contributed by atoms with E-state index >= 15 is 0 Å². The minimum atomic E-state index is -0.267. The van der Waals surface area contributed by atoms with Crippen LogP contribution in [0.3, 0.4) is 0 Å². The molecule has 0 unspecified atom stereocenters. The molecule has 21 heavy (non-hydrogen) atoms. The van der Waals surface area contributed by atoms with Crippen LogP contribution in [0.15, 0.2) is 51.9 Å². The lowest BCUT2D eigenvalue weighted by Crippen LogP contribution is -2.31. The lowest BCUT2D eigenvalue weighted by Gasteiger charge is -2.12. The Kier molecular flexibility index (Phi) is 3.75. The Labute approximate surface area is 125 Å². The van der Waals surface area contributed by atoms with Crippen molar-refractivity contribution >= 4 is 22.8 Å². The first-order valence-corrected chi connectivity index (χ1v) is 7.35. The zero-order valence-electron chi connectivity index (χ0n) is 11.0. The summed E-state index contributed by atoms with van der Waals surface area (Å²) in [6.45, 7) is 0.533. The number of nitriles is 1. The Bertz CT molecular complexity index is 731. The number of carbonyl (C=O) groups is 1. The number of hydrogen-bond donors (Lipinski definition) is 0. The molecule has 104 valence electrons. The molecular weight excluding hydrogens is 286 g/mol. The minimum Gasteiger partial charge on any atom is -0.451 e. The van der Waals surface area contributed by atoms with Crippen molar-refractivity contribution in [3.8, 4) is 17.5 Å². The summed E-state index contributed by atoms with van der Waals surface area (Å²) in [6.07, 6.45) is 1.72. The maximum Gasteiger partial charge on any atom is 0.295 e. The van der Waals surface area contributed by atoms with Gasteiger partial charge in [-0.15, -0.1) is 4.99 Å². The molecule has 1 aliphatic heterocycles. The van der Waals surface area contributed by atoms with Gasteiger partial charge in [0.1, 0.15) is 5.76 Å². The molecule has 1 aliphatic rings. The van der Waals surface area contributed by atoms with Gasteiger partial charge in [0.25, 0.3) is 5.91 Å². The lowest BCUT2D eigenvalue weighted by molar-refractivity contribution is 0.0830. The van der Waals surface area contributed by atoms with Crippen molar-refractivity contribution in [2.24, 2.45) is 4.99 Å². The smallest absolute Gasteiger partial charge is 0.295 e. The van der Waals surface area contributed by atoms with Gasteiger partial charge in [-0.2, -0.15) is 5.26 Å². The van der Waals surface area contributed by atoms with Crippen LogP contribution in [0.5, 0.6) is 0 Å². The Hall–Kier alpha value is -2.52. The van der Waals surface area contributed by atoms with Gasteiger partial charge in [-0.3, -0.25) is 9.69 Å². The summed E-state index contributed by atoms with van der Waals surface area (Å²) in [5.74, 6) is 1.36. The van der Waals surface area contributed by atoms with E-state index in [-0.39, 0.29) is 11.7 Å². The van der Waals surface area contributed by atoms with Crippen LogP contribution in [0, 0.1) is 11.5 Å². The van der Waals surface area contributed by atoms with E-state index in [2.05, 4.69) is 4.99 Å². The normalized spacial score (nSPS) is 16.1. The van der Waals surface area contributed by atoms with Gasteiger partial charge in [0, 0.05) is 17.9 Å². The molecule has 1 aromatic heterocycles. The number of benzene rings is 1. The van der Waals surface area contributed by atoms with Gasteiger partial charge >= 0.3 is 0 Å². The van der Waals surface area contributed by atoms with Crippen LogP contribution in [0.4, 0.5) is 0 Å². The molecule has 2 aromatic rings. The highest BCUT2D eigenvalue weighted by molar-refractivity contribution is 8.14. The van der Waals surface area contributed by atoms with Gasteiger partial charge in [0.15, 0.2) is 10.9 Å². The summed E-state index contributed by atoms with van der Waals surface area (Å²) >= 11 is 1.39. The summed E-state index contributed by atoms with van der Waals surface area (Å²) in [6, 6.07) is 13.0. The highest BCUT2D eigenvalue weighted by Crippen LogP contribution is 2.25. The number of nitrogens with zero attached hydrogens (tertiary/aromatic N) is 3. The third-order valence-electron chi connectivity index (χ3n) is 3.04. The van der Waals surface area contributed by atoms with E-state index < -0.39 is 0 Å². The third kappa shape index (κ3) is 2.69. The van der Waals surface area contributed by atoms with E-state index in [0.717, 1.165) is 11.3 Å². The number of thioether (sulfide) groups is 1. The van der Waals surface area contributed by atoms with Gasteiger partial charge in [-0.05, 0) is 12.1 Å². The van der Waals surface area contributed by atoms with Crippen molar-refractivity contribution in [1.29, 1.82) is 5.26 Å². The van der Waals surface area contributed by atoms with Gasteiger partial charge in [0.2, 0.25) is 6.19 Å². The second-order valence-corrected chi connectivity index (χ2v) is 5.39. The maximum atomic E-state index is 12.4. The summed E-state index contributed by atoms with van der Waals surface area (Å²) < 4.78 is 5.63. The fourth-order valence-corrected chi connectivity index (χ4v) is 2.96. The molecule has 0 radical (unpaired) electrons. The van der Waals surface area contributed by atoms with Gasteiger partial charge in [0.05, 0.1) is 0 Å². The Morgan fingerprint density at radius 1 is 1.29 bits per heavy atom. The SMILES string of the molecule is N#CN=C1SCCN1C(=O)c1ccc(-c2ccccc2)o1. The van der Waals surface area contributed by atoms with Gasteiger partial charge in [-0.25, -0.2) is 0 Å². The van der Waals surface area contributed by atoms with Crippen molar-refractivity contribution in [2.75, 3.05) is 12.3 Å². The molecule has 0 aliphatic carbocycles. The predicted octanol–water partition coefficient (Wildman–Crippen LogP) is 2.97. The summed E-state index contributed by atoms with van der Waals surface area (Å²) in [7, 11) is 0. The van der Waals surface area contributed by atoms with Crippen LogP contribution in [0.1, 0.15) is 10.6 Å². The molecule has 1 amide bonds. The molecule has 0 saturated carbocycles. The summed E-state index contributed by atoms with van der Waals surface area (Å²) in [4.78, 5) is 17.5. The number of furan rings is 1. The van der Waals surface area contributed by atoms with E-state index in [1.807, 2.05) is 30.3 Å². The van der Waals surface area contributed by atoms with Crippen LogP contribution >= 0.6 is 11.8 Å². The molecule has 1 fully saturated rings. The standard InChI is InChI=1S/C15H11N3O2S/c16-10-17-15-18(8-9-21-15)14(19)13-7-6-12(20-13)11-4-2-1-3-5-11/h1-7H,8-9H2. The number of rotatable bonds is 2. The molecule has 0 spiro atoms. The van der Waals surface area contributed by atoms with Crippen LogP contribution < -0.4 is 0 Å². The molecule has 0 N–H and O–H groups in total. The Morgan fingerprint density at radius 2 is 2.10 bits per heavy atom. The molecule has 1 aromatic carbocycles. The number of carbonyl (C=O) groups excluding carboxylic acids is 1. The zero-order valence-corrected chi connectivity index (χ0v) is 11.8. The largest absolute Gasteiger partial charge is 0.451 e. The number of amidine groups is 1. The first-order valence-electron chi connectivity index (χ1n) is 6.36. The average Bonchev–Trinajstić information content (AvgIpc) is 3.17. The monoisotopic (exact) mass is 297 g/mol.